The number of rotatable bonds is 6. The van der Waals surface area contributed by atoms with Crippen molar-refractivity contribution in [2.75, 3.05) is 13.7 Å². The van der Waals surface area contributed by atoms with Crippen LogP contribution in [0.4, 0.5) is 0 Å². The molecule has 0 saturated heterocycles. The molecule has 1 aromatic rings. The standard InChI is InChI=1S/C12H19N3O3/c1-4-8(2)10(7-16)13-12(17)9-5-6-11(18-3)15-14-9/h5-6,8,10,16H,4,7H2,1-3H3,(H,13,17). The van der Waals surface area contributed by atoms with Crippen molar-refractivity contribution >= 4 is 5.91 Å². The molecule has 100 valence electrons. The number of hydrogen-bond acceptors (Lipinski definition) is 5. The summed E-state index contributed by atoms with van der Waals surface area (Å²) in [7, 11) is 1.48. The molecule has 0 radical (unpaired) electrons. The van der Waals surface area contributed by atoms with Crippen molar-refractivity contribution in [3.63, 3.8) is 0 Å². The Morgan fingerprint density at radius 3 is 2.67 bits per heavy atom. The molecule has 0 aliphatic carbocycles. The van der Waals surface area contributed by atoms with Crippen molar-refractivity contribution in [2.24, 2.45) is 5.92 Å². The summed E-state index contributed by atoms with van der Waals surface area (Å²) in [4.78, 5) is 11.9. The number of amides is 1. The second kappa shape index (κ2) is 6.90. The van der Waals surface area contributed by atoms with Gasteiger partial charge in [0.1, 0.15) is 0 Å². The summed E-state index contributed by atoms with van der Waals surface area (Å²) in [6.45, 7) is 3.89. The third kappa shape index (κ3) is 3.66. The van der Waals surface area contributed by atoms with E-state index in [4.69, 9.17) is 4.74 Å². The Labute approximate surface area is 106 Å². The Hall–Kier alpha value is -1.69. The summed E-state index contributed by atoms with van der Waals surface area (Å²) in [6.07, 6.45) is 0.875. The van der Waals surface area contributed by atoms with Crippen LogP contribution in [0.2, 0.25) is 0 Å². The van der Waals surface area contributed by atoms with Crippen LogP contribution in [0.15, 0.2) is 12.1 Å². The molecule has 0 spiro atoms. The predicted octanol–water partition coefficient (Wildman–Crippen LogP) is 0.622. The maximum Gasteiger partial charge on any atom is 0.272 e. The highest BCUT2D eigenvalue weighted by Gasteiger charge is 2.19. The zero-order valence-corrected chi connectivity index (χ0v) is 10.9. The number of nitrogens with one attached hydrogen (secondary N) is 1. The summed E-state index contributed by atoms with van der Waals surface area (Å²) in [5.74, 6) is 0.210. The number of aliphatic hydroxyl groups excluding tert-OH is 1. The van der Waals surface area contributed by atoms with Crippen LogP contribution in [0.25, 0.3) is 0 Å². The first kappa shape index (κ1) is 14.4. The predicted molar refractivity (Wildman–Crippen MR) is 66.4 cm³/mol. The van der Waals surface area contributed by atoms with Crippen LogP contribution in [-0.2, 0) is 0 Å². The molecule has 2 N–H and O–H groups in total. The Morgan fingerprint density at radius 2 is 2.22 bits per heavy atom. The second-order valence-electron chi connectivity index (χ2n) is 4.11. The average molecular weight is 253 g/mol. The first-order valence-electron chi connectivity index (χ1n) is 5.91. The number of methoxy groups -OCH3 is 1. The topological polar surface area (TPSA) is 84.3 Å². The lowest BCUT2D eigenvalue weighted by molar-refractivity contribution is 0.0885. The van der Waals surface area contributed by atoms with Crippen molar-refractivity contribution < 1.29 is 14.6 Å². The fraction of sp³-hybridized carbons (Fsp3) is 0.583. The van der Waals surface area contributed by atoms with E-state index < -0.39 is 0 Å². The van der Waals surface area contributed by atoms with Crippen molar-refractivity contribution in [1.82, 2.24) is 15.5 Å². The molecule has 18 heavy (non-hydrogen) atoms. The molecular weight excluding hydrogens is 234 g/mol. The molecule has 1 rings (SSSR count). The van der Waals surface area contributed by atoms with E-state index in [0.29, 0.717) is 5.88 Å². The van der Waals surface area contributed by atoms with Gasteiger partial charge < -0.3 is 15.2 Å². The van der Waals surface area contributed by atoms with Crippen LogP contribution in [0, 0.1) is 5.92 Å². The van der Waals surface area contributed by atoms with Crippen LogP contribution >= 0.6 is 0 Å². The fourth-order valence-corrected chi connectivity index (χ4v) is 1.44. The van der Waals surface area contributed by atoms with Gasteiger partial charge in [-0.15, -0.1) is 10.2 Å². The lowest BCUT2D eigenvalue weighted by Gasteiger charge is -2.21. The van der Waals surface area contributed by atoms with Gasteiger partial charge in [-0.25, -0.2) is 0 Å². The van der Waals surface area contributed by atoms with E-state index in [-0.39, 0.29) is 30.2 Å². The minimum atomic E-state index is -0.343. The molecule has 2 atom stereocenters. The highest BCUT2D eigenvalue weighted by molar-refractivity contribution is 5.92. The van der Waals surface area contributed by atoms with E-state index >= 15 is 0 Å². The van der Waals surface area contributed by atoms with Crippen LogP contribution in [-0.4, -0.2) is 41.0 Å². The van der Waals surface area contributed by atoms with Crippen molar-refractivity contribution in [1.29, 1.82) is 0 Å². The number of hydrogen-bond donors (Lipinski definition) is 2. The lowest BCUT2D eigenvalue weighted by Crippen LogP contribution is -2.42. The van der Waals surface area contributed by atoms with Crippen molar-refractivity contribution in [3.05, 3.63) is 17.8 Å². The number of aromatic nitrogens is 2. The number of carbonyl (C=O) groups excluding carboxylic acids is 1. The monoisotopic (exact) mass is 253 g/mol. The third-order valence-electron chi connectivity index (χ3n) is 2.93. The minimum absolute atomic E-state index is 0.0929. The lowest BCUT2D eigenvalue weighted by atomic mass is 10.00. The van der Waals surface area contributed by atoms with Gasteiger partial charge in [0.2, 0.25) is 5.88 Å². The van der Waals surface area contributed by atoms with E-state index in [2.05, 4.69) is 15.5 Å². The maximum absolute atomic E-state index is 11.9. The van der Waals surface area contributed by atoms with Crippen LogP contribution in [0.5, 0.6) is 5.88 Å². The zero-order valence-electron chi connectivity index (χ0n) is 10.9. The van der Waals surface area contributed by atoms with E-state index in [1.54, 1.807) is 6.07 Å². The second-order valence-corrected chi connectivity index (χ2v) is 4.11. The molecule has 0 aromatic carbocycles. The van der Waals surface area contributed by atoms with Gasteiger partial charge in [-0.1, -0.05) is 20.3 Å². The quantitative estimate of drug-likeness (QED) is 0.776. The zero-order chi connectivity index (χ0) is 13.5. The van der Waals surface area contributed by atoms with Gasteiger partial charge in [0.05, 0.1) is 19.8 Å². The van der Waals surface area contributed by atoms with Crippen LogP contribution in [0.1, 0.15) is 30.8 Å². The highest BCUT2D eigenvalue weighted by atomic mass is 16.5. The molecule has 1 heterocycles. The molecule has 1 amide bonds. The largest absolute Gasteiger partial charge is 0.480 e. The fourth-order valence-electron chi connectivity index (χ4n) is 1.44. The summed E-state index contributed by atoms with van der Waals surface area (Å²) < 4.78 is 4.86. The molecule has 0 saturated carbocycles. The summed E-state index contributed by atoms with van der Waals surface area (Å²) >= 11 is 0. The van der Waals surface area contributed by atoms with Gasteiger partial charge in [0.25, 0.3) is 5.91 Å². The number of nitrogens with zero attached hydrogens (tertiary/aromatic N) is 2. The van der Waals surface area contributed by atoms with Crippen molar-refractivity contribution in [2.45, 2.75) is 26.3 Å². The van der Waals surface area contributed by atoms with E-state index in [1.165, 1.54) is 13.2 Å². The molecule has 0 fully saturated rings. The maximum atomic E-state index is 11.9. The van der Waals surface area contributed by atoms with Crippen LogP contribution in [0.3, 0.4) is 0 Å². The van der Waals surface area contributed by atoms with Crippen LogP contribution < -0.4 is 10.1 Å². The first-order chi connectivity index (χ1) is 8.62. The molecular formula is C12H19N3O3. The van der Waals surface area contributed by atoms with Gasteiger partial charge in [0.15, 0.2) is 5.69 Å². The Balaban J connectivity index is 2.68. The molecule has 6 heteroatoms. The SMILES string of the molecule is CCC(C)C(CO)NC(=O)c1ccc(OC)nn1. The number of carbonyl (C=O) groups is 1. The normalized spacial score (nSPS) is 13.8. The van der Waals surface area contributed by atoms with E-state index in [9.17, 15) is 9.90 Å². The highest BCUT2D eigenvalue weighted by Crippen LogP contribution is 2.08. The van der Waals surface area contributed by atoms with Crippen molar-refractivity contribution in [3.8, 4) is 5.88 Å². The molecule has 0 aliphatic rings. The van der Waals surface area contributed by atoms with Gasteiger partial charge in [-0.2, -0.15) is 0 Å². The molecule has 0 bridgehead atoms. The number of aliphatic hydroxyl groups is 1. The van der Waals surface area contributed by atoms with Gasteiger partial charge in [-0.3, -0.25) is 4.79 Å². The van der Waals surface area contributed by atoms with Gasteiger partial charge >= 0.3 is 0 Å². The molecule has 0 aliphatic heterocycles. The summed E-state index contributed by atoms with van der Waals surface area (Å²) in [6, 6.07) is 2.83. The van der Waals surface area contributed by atoms with E-state index in [0.717, 1.165) is 6.42 Å². The number of ether oxygens (including phenoxy) is 1. The third-order valence-corrected chi connectivity index (χ3v) is 2.93. The summed E-state index contributed by atoms with van der Waals surface area (Å²) in [5.41, 5.74) is 0.206. The smallest absolute Gasteiger partial charge is 0.272 e. The summed E-state index contributed by atoms with van der Waals surface area (Å²) in [5, 5.41) is 19.4. The Kier molecular flexibility index (Phi) is 5.51. The first-order valence-corrected chi connectivity index (χ1v) is 5.91. The Morgan fingerprint density at radius 1 is 1.50 bits per heavy atom. The minimum Gasteiger partial charge on any atom is -0.480 e. The molecule has 2 unspecified atom stereocenters. The van der Waals surface area contributed by atoms with E-state index in [1.807, 2.05) is 13.8 Å². The average Bonchev–Trinajstić information content (AvgIpc) is 2.43. The molecule has 1 aromatic heterocycles. The Bertz CT molecular complexity index is 381. The van der Waals surface area contributed by atoms with Gasteiger partial charge in [-0.05, 0) is 12.0 Å². The molecule has 6 nitrogen and oxygen atoms in total. The van der Waals surface area contributed by atoms with Gasteiger partial charge in [0, 0.05) is 6.07 Å².